The van der Waals surface area contributed by atoms with Crippen LogP contribution in [0.25, 0.3) is 22.1 Å². The summed E-state index contributed by atoms with van der Waals surface area (Å²) >= 11 is 1.55. The predicted octanol–water partition coefficient (Wildman–Crippen LogP) is 7.55. The van der Waals surface area contributed by atoms with Gasteiger partial charge in [-0.15, -0.1) is 10.2 Å². The van der Waals surface area contributed by atoms with Crippen LogP contribution >= 0.6 is 11.8 Å². The average Bonchev–Trinajstić information content (AvgIpc) is 3.35. The molecule has 0 unspecified atom stereocenters. The molecule has 0 aliphatic rings. The first kappa shape index (κ1) is 28.6. The molecule has 4 aromatic carbocycles. The Kier molecular flexibility index (Phi) is 9.09. The third-order valence-electron chi connectivity index (χ3n) is 7.72. The molecule has 216 valence electrons. The van der Waals surface area contributed by atoms with Crippen molar-refractivity contribution in [3.63, 3.8) is 0 Å². The summed E-state index contributed by atoms with van der Waals surface area (Å²) in [5, 5.41) is 13.8. The van der Waals surface area contributed by atoms with Crippen LogP contribution in [0.2, 0.25) is 0 Å². The monoisotopic (exact) mass is 585 g/mol. The second-order valence-corrected chi connectivity index (χ2v) is 11.9. The third-order valence-corrected chi connectivity index (χ3v) is 8.64. The van der Waals surface area contributed by atoms with Crippen LogP contribution in [0.3, 0.4) is 0 Å². The molecule has 6 nitrogen and oxygen atoms in total. The summed E-state index contributed by atoms with van der Waals surface area (Å²) in [6.45, 7) is 3.46. The lowest BCUT2D eigenvalue weighted by molar-refractivity contribution is -0.121. The van der Waals surface area contributed by atoms with Gasteiger partial charge in [-0.2, -0.15) is 0 Å². The van der Waals surface area contributed by atoms with E-state index in [0.717, 1.165) is 40.7 Å². The lowest BCUT2D eigenvalue weighted by Crippen LogP contribution is -2.25. The second kappa shape index (κ2) is 13.7. The molecular weight excluding hydrogens is 550 g/mol. The van der Waals surface area contributed by atoms with E-state index in [1.165, 1.54) is 22.3 Å². The number of hydrogen-bond donors (Lipinski definition) is 1. The normalized spacial score (nSPS) is 11.4. The van der Waals surface area contributed by atoms with Crippen molar-refractivity contribution in [2.75, 3.05) is 12.3 Å². The highest BCUT2D eigenvalue weighted by atomic mass is 32.2. The van der Waals surface area contributed by atoms with E-state index < -0.39 is 0 Å². The molecule has 0 spiro atoms. The Balaban J connectivity index is 1.05. The van der Waals surface area contributed by atoms with Gasteiger partial charge in [-0.05, 0) is 42.5 Å². The Morgan fingerprint density at radius 3 is 2.33 bits per heavy atom. The number of aromatic nitrogens is 4. The maximum atomic E-state index is 12.7. The maximum absolute atomic E-state index is 12.7. The Morgan fingerprint density at radius 1 is 0.860 bits per heavy atom. The van der Waals surface area contributed by atoms with Crippen molar-refractivity contribution in [3.8, 4) is 0 Å². The number of rotatable bonds is 12. The maximum Gasteiger partial charge on any atom is 0.220 e. The molecule has 1 N–H and O–H groups in total. The molecule has 6 aromatic rings. The molecule has 0 fully saturated rings. The lowest BCUT2D eigenvalue weighted by atomic mass is 9.88. The molecule has 0 saturated heterocycles. The van der Waals surface area contributed by atoms with Gasteiger partial charge in [0.05, 0.1) is 5.52 Å². The minimum Gasteiger partial charge on any atom is -0.356 e. The number of carbonyl (C=O) groups is 1. The lowest BCUT2D eigenvalue weighted by Gasteiger charge is -2.18. The Labute approximate surface area is 256 Å². The highest BCUT2D eigenvalue weighted by molar-refractivity contribution is 7.99. The van der Waals surface area contributed by atoms with Crippen LogP contribution in [-0.2, 0) is 11.3 Å². The van der Waals surface area contributed by atoms with E-state index in [2.05, 4.69) is 112 Å². The zero-order chi connectivity index (χ0) is 29.4. The highest BCUT2D eigenvalue weighted by Crippen LogP contribution is 2.29. The average molecular weight is 586 g/mol. The third kappa shape index (κ3) is 6.95. The number of fused-ring (bicyclic) bond motifs is 3. The zero-order valence-corrected chi connectivity index (χ0v) is 25.1. The molecule has 0 radical (unpaired) electrons. The molecule has 2 aromatic heterocycles. The minimum absolute atomic E-state index is 0.0771. The van der Waals surface area contributed by atoms with Crippen LogP contribution in [0.5, 0.6) is 0 Å². The van der Waals surface area contributed by atoms with Crippen LogP contribution < -0.4 is 5.32 Å². The van der Waals surface area contributed by atoms with E-state index in [0.29, 0.717) is 24.7 Å². The van der Waals surface area contributed by atoms with Gasteiger partial charge in [-0.25, -0.2) is 4.98 Å². The van der Waals surface area contributed by atoms with Gasteiger partial charge in [0.15, 0.2) is 5.65 Å². The standard InChI is InChI=1S/C36H35N5OS/c1-26-12-10-13-27(24-26)25-41-32-19-9-8-18-31(32)34-35(41)38-36(40-39-34)43-23-11-20-33(42)37-22-21-30(28-14-4-2-5-15-28)29-16-6-3-7-17-29/h2-10,12-19,24,30H,11,20-23,25H2,1H3,(H,37,42). The number of benzene rings is 4. The number of carbonyl (C=O) groups excluding carboxylic acids is 1. The van der Waals surface area contributed by atoms with Gasteiger partial charge in [0.2, 0.25) is 11.1 Å². The number of aryl methyl sites for hydroxylation is 1. The zero-order valence-electron chi connectivity index (χ0n) is 24.3. The summed E-state index contributed by atoms with van der Waals surface area (Å²) in [5.41, 5.74) is 7.74. The largest absolute Gasteiger partial charge is 0.356 e. The number of nitrogens with one attached hydrogen (secondary N) is 1. The molecule has 0 aliphatic heterocycles. The van der Waals surface area contributed by atoms with Crippen LogP contribution in [0.4, 0.5) is 0 Å². The van der Waals surface area contributed by atoms with Gasteiger partial charge in [0.25, 0.3) is 0 Å². The van der Waals surface area contributed by atoms with Crippen molar-refractivity contribution in [2.24, 2.45) is 0 Å². The van der Waals surface area contributed by atoms with Crippen LogP contribution in [0.1, 0.15) is 47.4 Å². The van der Waals surface area contributed by atoms with E-state index >= 15 is 0 Å². The summed E-state index contributed by atoms with van der Waals surface area (Å²) in [7, 11) is 0. The van der Waals surface area contributed by atoms with Crippen molar-refractivity contribution in [1.29, 1.82) is 0 Å². The first-order chi connectivity index (χ1) is 21.2. The molecule has 0 atom stereocenters. The fourth-order valence-corrected chi connectivity index (χ4v) is 6.36. The van der Waals surface area contributed by atoms with Gasteiger partial charge >= 0.3 is 0 Å². The van der Waals surface area contributed by atoms with E-state index in [1.807, 2.05) is 24.3 Å². The topological polar surface area (TPSA) is 72.7 Å². The molecule has 1 amide bonds. The minimum atomic E-state index is 0.0771. The van der Waals surface area contributed by atoms with Gasteiger partial charge in [-0.1, -0.05) is 120 Å². The quantitative estimate of drug-likeness (QED) is 0.119. The van der Waals surface area contributed by atoms with Crippen LogP contribution in [0, 0.1) is 6.92 Å². The molecule has 0 aliphatic carbocycles. The summed E-state index contributed by atoms with van der Waals surface area (Å²) < 4.78 is 2.23. The number of para-hydroxylation sites is 1. The second-order valence-electron chi connectivity index (χ2n) is 10.8. The van der Waals surface area contributed by atoms with Crippen molar-refractivity contribution in [2.45, 2.75) is 43.8 Å². The molecule has 7 heteroatoms. The predicted molar refractivity (Wildman–Crippen MR) is 175 cm³/mol. The molecule has 6 rings (SSSR count). The molecular formula is C36H35N5OS. The van der Waals surface area contributed by atoms with E-state index in [9.17, 15) is 4.79 Å². The van der Waals surface area contributed by atoms with E-state index in [4.69, 9.17) is 4.98 Å². The molecule has 0 saturated carbocycles. The van der Waals surface area contributed by atoms with Crippen molar-refractivity contribution in [1.82, 2.24) is 25.1 Å². The molecule has 2 heterocycles. The first-order valence-electron chi connectivity index (χ1n) is 14.8. The molecule has 0 bridgehead atoms. The number of hydrogen-bond acceptors (Lipinski definition) is 5. The van der Waals surface area contributed by atoms with E-state index in [-0.39, 0.29) is 11.8 Å². The van der Waals surface area contributed by atoms with Crippen molar-refractivity contribution >= 4 is 39.7 Å². The fraction of sp³-hybridized carbons (Fsp3) is 0.222. The fourth-order valence-electron chi connectivity index (χ4n) is 5.64. The Hall–Kier alpha value is -4.49. The summed E-state index contributed by atoms with van der Waals surface area (Å²) in [6.07, 6.45) is 2.06. The Morgan fingerprint density at radius 2 is 1.58 bits per heavy atom. The highest BCUT2D eigenvalue weighted by Gasteiger charge is 2.16. The van der Waals surface area contributed by atoms with Crippen LogP contribution in [0.15, 0.2) is 114 Å². The van der Waals surface area contributed by atoms with Gasteiger partial charge in [-0.3, -0.25) is 4.79 Å². The number of thioether (sulfide) groups is 1. The van der Waals surface area contributed by atoms with Crippen LogP contribution in [-0.4, -0.2) is 38.0 Å². The van der Waals surface area contributed by atoms with Crippen molar-refractivity contribution in [3.05, 3.63) is 131 Å². The SMILES string of the molecule is Cc1cccc(Cn2c3ccccc3c3nnc(SCCCC(=O)NCCC(c4ccccc4)c4ccccc4)nc32)c1. The van der Waals surface area contributed by atoms with Gasteiger partial charge in [0, 0.05) is 36.6 Å². The first-order valence-corrected chi connectivity index (χ1v) is 15.8. The molecule has 43 heavy (non-hydrogen) atoms. The number of amides is 1. The van der Waals surface area contributed by atoms with Gasteiger partial charge < -0.3 is 9.88 Å². The smallest absolute Gasteiger partial charge is 0.220 e. The summed E-state index contributed by atoms with van der Waals surface area (Å²) in [4.78, 5) is 17.6. The summed E-state index contributed by atoms with van der Waals surface area (Å²) in [5.74, 6) is 1.07. The Bertz CT molecular complexity index is 1780. The van der Waals surface area contributed by atoms with Crippen molar-refractivity contribution < 1.29 is 4.79 Å². The van der Waals surface area contributed by atoms with Gasteiger partial charge in [0.1, 0.15) is 5.52 Å². The summed E-state index contributed by atoms with van der Waals surface area (Å²) in [6, 6.07) is 37.8. The van der Waals surface area contributed by atoms with E-state index in [1.54, 1.807) is 11.8 Å². The number of nitrogens with zero attached hydrogens (tertiary/aromatic N) is 4.